The van der Waals surface area contributed by atoms with Gasteiger partial charge in [-0.25, -0.2) is 0 Å². The van der Waals surface area contributed by atoms with Crippen LogP contribution in [0.4, 0.5) is 0 Å². The first-order valence-electron chi connectivity index (χ1n) is 6.29. The molecule has 17 heavy (non-hydrogen) atoms. The van der Waals surface area contributed by atoms with Crippen LogP contribution in [0.1, 0.15) is 33.6 Å². The molecular formula is C12H27N3O2. The van der Waals surface area contributed by atoms with Crippen molar-refractivity contribution < 1.29 is 9.53 Å². The second kappa shape index (κ2) is 9.39. The largest absolute Gasteiger partial charge is 0.460 e. The van der Waals surface area contributed by atoms with Gasteiger partial charge in [0.05, 0.1) is 0 Å². The van der Waals surface area contributed by atoms with E-state index in [0.29, 0.717) is 13.0 Å². The van der Waals surface area contributed by atoms with Crippen molar-refractivity contribution in [3.05, 3.63) is 0 Å². The average molecular weight is 245 g/mol. The maximum Gasteiger partial charge on any atom is 0.306 e. The van der Waals surface area contributed by atoms with E-state index in [4.69, 9.17) is 10.5 Å². The average Bonchev–Trinajstić information content (AvgIpc) is 2.19. The summed E-state index contributed by atoms with van der Waals surface area (Å²) in [4.78, 5) is 11.4. The topological polar surface area (TPSA) is 76.4 Å². The van der Waals surface area contributed by atoms with Gasteiger partial charge in [0.25, 0.3) is 0 Å². The van der Waals surface area contributed by atoms with Crippen LogP contribution in [0.15, 0.2) is 0 Å². The third kappa shape index (κ3) is 13.3. The van der Waals surface area contributed by atoms with Crippen molar-refractivity contribution in [3.63, 3.8) is 0 Å². The lowest BCUT2D eigenvalue weighted by Gasteiger charge is -2.19. The van der Waals surface area contributed by atoms with Gasteiger partial charge in [0.2, 0.25) is 0 Å². The molecule has 0 atom stereocenters. The summed E-state index contributed by atoms with van der Waals surface area (Å²) < 4.78 is 5.20. The summed E-state index contributed by atoms with van der Waals surface area (Å²) in [7, 11) is 0. The standard InChI is InChI=1S/C12H27N3O2/c1-12(2,3)17-11(16)5-4-7-14-9-10-15-8-6-13/h14-15H,4-10,13H2,1-3H3. The van der Waals surface area contributed by atoms with Crippen molar-refractivity contribution in [2.45, 2.75) is 39.2 Å². The molecule has 0 radical (unpaired) electrons. The molecule has 0 heterocycles. The quantitative estimate of drug-likeness (QED) is 0.401. The molecule has 0 fully saturated rings. The van der Waals surface area contributed by atoms with Crippen LogP contribution in [0.25, 0.3) is 0 Å². The second-order valence-corrected chi connectivity index (χ2v) is 4.98. The summed E-state index contributed by atoms with van der Waals surface area (Å²) in [6.07, 6.45) is 1.28. The molecule has 0 aromatic heterocycles. The Morgan fingerprint density at radius 2 is 1.71 bits per heavy atom. The van der Waals surface area contributed by atoms with Crippen LogP contribution in [0, 0.1) is 0 Å². The SMILES string of the molecule is CC(C)(C)OC(=O)CCCNCCNCCN. The Bertz CT molecular complexity index is 202. The fraction of sp³-hybridized carbons (Fsp3) is 0.917. The highest BCUT2D eigenvalue weighted by Gasteiger charge is 2.15. The van der Waals surface area contributed by atoms with E-state index < -0.39 is 0 Å². The predicted molar refractivity (Wildman–Crippen MR) is 69.9 cm³/mol. The number of hydrogen-bond acceptors (Lipinski definition) is 5. The summed E-state index contributed by atoms with van der Waals surface area (Å²) in [5.74, 6) is -0.124. The van der Waals surface area contributed by atoms with Crippen LogP contribution >= 0.6 is 0 Å². The molecule has 5 heteroatoms. The Morgan fingerprint density at radius 1 is 1.12 bits per heavy atom. The number of rotatable bonds is 9. The molecule has 0 spiro atoms. The van der Waals surface area contributed by atoms with E-state index >= 15 is 0 Å². The van der Waals surface area contributed by atoms with Gasteiger partial charge in [-0.1, -0.05) is 0 Å². The lowest BCUT2D eigenvalue weighted by molar-refractivity contribution is -0.154. The van der Waals surface area contributed by atoms with Crippen LogP contribution in [0.5, 0.6) is 0 Å². The van der Waals surface area contributed by atoms with Crippen molar-refractivity contribution in [1.29, 1.82) is 0 Å². The lowest BCUT2D eigenvalue weighted by atomic mass is 10.2. The van der Waals surface area contributed by atoms with E-state index in [2.05, 4.69) is 10.6 Å². The van der Waals surface area contributed by atoms with Crippen molar-refractivity contribution in [1.82, 2.24) is 10.6 Å². The lowest BCUT2D eigenvalue weighted by Crippen LogP contribution is -2.31. The minimum Gasteiger partial charge on any atom is -0.460 e. The van der Waals surface area contributed by atoms with Crippen LogP contribution < -0.4 is 16.4 Å². The maximum absolute atomic E-state index is 11.4. The number of carbonyl (C=O) groups excluding carboxylic acids is 1. The van der Waals surface area contributed by atoms with Crippen LogP contribution in [-0.4, -0.2) is 44.3 Å². The Kier molecular flexibility index (Phi) is 9.03. The summed E-state index contributed by atoms with van der Waals surface area (Å²) in [5, 5.41) is 6.44. The third-order valence-electron chi connectivity index (χ3n) is 1.95. The van der Waals surface area contributed by atoms with Gasteiger partial charge in [0, 0.05) is 32.6 Å². The predicted octanol–water partition coefficient (Wildman–Crippen LogP) is 0.246. The zero-order chi connectivity index (χ0) is 13.1. The molecule has 0 bridgehead atoms. The molecule has 4 N–H and O–H groups in total. The molecule has 0 aromatic rings. The molecule has 0 saturated heterocycles. The first-order valence-corrected chi connectivity index (χ1v) is 6.29. The fourth-order valence-electron chi connectivity index (χ4n) is 1.28. The van der Waals surface area contributed by atoms with Gasteiger partial charge in [-0.3, -0.25) is 4.79 Å². The van der Waals surface area contributed by atoms with Gasteiger partial charge >= 0.3 is 5.97 Å². The van der Waals surface area contributed by atoms with Crippen LogP contribution in [-0.2, 0) is 9.53 Å². The molecule has 0 rings (SSSR count). The van der Waals surface area contributed by atoms with E-state index in [0.717, 1.165) is 32.6 Å². The summed E-state index contributed by atoms with van der Waals surface area (Å²) in [6, 6.07) is 0. The minimum atomic E-state index is -0.378. The number of ether oxygens (including phenoxy) is 1. The Labute approximate surface area is 104 Å². The normalized spacial score (nSPS) is 11.5. The van der Waals surface area contributed by atoms with E-state index in [1.54, 1.807) is 0 Å². The molecule has 0 aliphatic heterocycles. The highest BCUT2D eigenvalue weighted by molar-refractivity contribution is 5.69. The number of hydrogen-bond donors (Lipinski definition) is 3. The number of nitrogens with one attached hydrogen (secondary N) is 2. The van der Waals surface area contributed by atoms with Crippen LogP contribution in [0.3, 0.4) is 0 Å². The zero-order valence-electron chi connectivity index (χ0n) is 11.3. The van der Waals surface area contributed by atoms with E-state index in [1.807, 2.05) is 20.8 Å². The van der Waals surface area contributed by atoms with Crippen molar-refractivity contribution in [3.8, 4) is 0 Å². The van der Waals surface area contributed by atoms with Crippen molar-refractivity contribution in [2.75, 3.05) is 32.7 Å². The smallest absolute Gasteiger partial charge is 0.306 e. The Hall–Kier alpha value is -0.650. The van der Waals surface area contributed by atoms with Gasteiger partial charge in [0.1, 0.15) is 5.60 Å². The Morgan fingerprint density at radius 3 is 2.24 bits per heavy atom. The number of esters is 1. The Balaban J connectivity index is 3.25. The van der Waals surface area contributed by atoms with Crippen molar-refractivity contribution >= 4 is 5.97 Å². The first-order chi connectivity index (χ1) is 7.95. The highest BCUT2D eigenvalue weighted by Crippen LogP contribution is 2.08. The molecule has 0 aliphatic rings. The summed E-state index contributed by atoms with van der Waals surface area (Å²) in [5.41, 5.74) is 4.96. The maximum atomic E-state index is 11.4. The van der Waals surface area contributed by atoms with Crippen molar-refractivity contribution in [2.24, 2.45) is 5.73 Å². The number of nitrogens with two attached hydrogens (primary N) is 1. The molecule has 0 saturated carbocycles. The van der Waals surface area contributed by atoms with Gasteiger partial charge < -0.3 is 21.1 Å². The molecule has 5 nitrogen and oxygen atoms in total. The van der Waals surface area contributed by atoms with Gasteiger partial charge in [-0.2, -0.15) is 0 Å². The third-order valence-corrected chi connectivity index (χ3v) is 1.95. The molecule has 0 aromatic carbocycles. The molecule has 0 amide bonds. The second-order valence-electron chi connectivity index (χ2n) is 4.98. The van der Waals surface area contributed by atoms with E-state index in [-0.39, 0.29) is 11.6 Å². The molecule has 102 valence electrons. The molecular weight excluding hydrogens is 218 g/mol. The van der Waals surface area contributed by atoms with Gasteiger partial charge in [-0.05, 0) is 33.7 Å². The molecule has 0 aliphatic carbocycles. The van der Waals surface area contributed by atoms with Crippen LogP contribution in [0.2, 0.25) is 0 Å². The monoisotopic (exact) mass is 245 g/mol. The summed E-state index contributed by atoms with van der Waals surface area (Å²) >= 11 is 0. The van der Waals surface area contributed by atoms with Gasteiger partial charge in [-0.15, -0.1) is 0 Å². The van der Waals surface area contributed by atoms with Gasteiger partial charge in [0.15, 0.2) is 0 Å². The first kappa shape index (κ1) is 16.4. The fourth-order valence-corrected chi connectivity index (χ4v) is 1.28. The highest BCUT2D eigenvalue weighted by atomic mass is 16.6. The summed E-state index contributed by atoms with van der Waals surface area (Å²) in [6.45, 7) is 9.80. The molecule has 0 unspecified atom stereocenters. The number of carbonyl (C=O) groups is 1. The van der Waals surface area contributed by atoms with E-state index in [1.165, 1.54) is 0 Å². The minimum absolute atomic E-state index is 0.124. The van der Waals surface area contributed by atoms with E-state index in [9.17, 15) is 4.79 Å². The zero-order valence-corrected chi connectivity index (χ0v) is 11.3.